The molecule has 13 heavy (non-hydrogen) atoms. The fourth-order valence-electron chi connectivity index (χ4n) is 0.383. The molecular formula is C9H14O4. The maximum absolute atomic E-state index is 10.6. The number of ether oxygens (including phenoxy) is 2. The molecule has 0 aliphatic carbocycles. The summed E-state index contributed by atoms with van der Waals surface area (Å²) >= 11 is 0. The molecule has 0 spiro atoms. The van der Waals surface area contributed by atoms with Gasteiger partial charge in [0.25, 0.3) is 0 Å². The molecule has 0 saturated heterocycles. The van der Waals surface area contributed by atoms with Gasteiger partial charge in [0.1, 0.15) is 13.1 Å². The van der Waals surface area contributed by atoms with Gasteiger partial charge in [-0.05, 0) is 18.6 Å². The number of hydrogen-bond donors (Lipinski definition) is 0. The quantitative estimate of drug-likeness (QED) is 0.491. The van der Waals surface area contributed by atoms with Gasteiger partial charge in [-0.3, -0.25) is 9.59 Å². The number of esters is 2. The number of carbonyl (C=O) groups is 2. The molecule has 0 aromatic carbocycles. The van der Waals surface area contributed by atoms with E-state index >= 15 is 0 Å². The van der Waals surface area contributed by atoms with Crippen LogP contribution in [-0.4, -0.2) is 25.1 Å². The van der Waals surface area contributed by atoms with Gasteiger partial charge in [-0.1, -0.05) is 0 Å². The van der Waals surface area contributed by atoms with Gasteiger partial charge in [-0.2, -0.15) is 0 Å². The van der Waals surface area contributed by atoms with Crippen LogP contribution >= 0.6 is 0 Å². The van der Waals surface area contributed by atoms with Crippen molar-refractivity contribution >= 4 is 11.9 Å². The first kappa shape index (κ1) is 6.18. The Bertz CT molecular complexity index is 349. The predicted molar refractivity (Wildman–Crippen MR) is 47.0 cm³/mol. The van der Waals surface area contributed by atoms with Crippen molar-refractivity contribution in [2.24, 2.45) is 0 Å². The highest BCUT2D eigenvalue weighted by Gasteiger charge is 1.94. The van der Waals surface area contributed by atoms with Crippen LogP contribution in [0.4, 0.5) is 0 Å². The highest BCUT2D eigenvalue weighted by Crippen LogP contribution is 1.94. The van der Waals surface area contributed by atoms with Gasteiger partial charge < -0.3 is 9.47 Å². The molecule has 0 saturated carbocycles. The second-order valence-electron chi connectivity index (χ2n) is 2.23. The van der Waals surface area contributed by atoms with Crippen molar-refractivity contribution in [3.63, 3.8) is 0 Å². The van der Waals surface area contributed by atoms with Gasteiger partial charge in [-0.25, -0.2) is 0 Å². The Balaban J connectivity index is 4.94. The molecule has 0 amide bonds. The maximum Gasteiger partial charge on any atom is 0.302 e. The molecule has 0 fully saturated rings. The molecule has 0 unspecified atom stereocenters. The van der Waals surface area contributed by atoms with Gasteiger partial charge in [-0.15, -0.1) is 0 Å². The van der Waals surface area contributed by atoms with E-state index in [4.69, 9.17) is 5.48 Å². The average Bonchev–Trinajstić information content (AvgIpc) is 1.96. The van der Waals surface area contributed by atoms with Gasteiger partial charge in [0, 0.05) is 13.8 Å². The summed E-state index contributed by atoms with van der Waals surface area (Å²) in [4.78, 5) is 21.2. The third-order valence-corrected chi connectivity index (χ3v) is 0.834. The van der Waals surface area contributed by atoms with Crippen molar-refractivity contribution in [2.45, 2.75) is 20.8 Å². The smallest absolute Gasteiger partial charge is 0.302 e. The van der Waals surface area contributed by atoms with E-state index in [1.54, 1.807) is 0 Å². The van der Waals surface area contributed by atoms with Crippen LogP contribution in [0.15, 0.2) is 11.6 Å². The number of hydrogen-bond acceptors (Lipinski definition) is 4. The first-order valence-electron chi connectivity index (χ1n) is 5.55. The van der Waals surface area contributed by atoms with E-state index < -0.39 is 25.1 Å². The molecule has 0 atom stereocenters. The number of rotatable bonds is 4. The summed E-state index contributed by atoms with van der Waals surface area (Å²) in [7, 11) is 0. The second kappa shape index (κ2) is 6.22. The highest BCUT2D eigenvalue weighted by molar-refractivity contribution is 5.66. The summed E-state index contributed by atoms with van der Waals surface area (Å²) < 4.78 is 38.0. The molecule has 0 rings (SSSR count). The van der Waals surface area contributed by atoms with Crippen molar-refractivity contribution in [3.05, 3.63) is 11.6 Å². The zero-order chi connectivity index (χ0) is 13.9. The standard InChI is InChI=1S/C9H14O4/c1-7(6-13-9(3)11)4-5-12-8(2)10/h4H,5-6H2,1-3H3/b7-4+/i5D2,6D2. The SMILES string of the molecule is [2H]C([2H])(/C=C(\C)C([2H])([2H])OC(C)=O)OC(C)=O. The van der Waals surface area contributed by atoms with E-state index in [0.717, 1.165) is 19.9 Å². The van der Waals surface area contributed by atoms with E-state index in [2.05, 4.69) is 9.47 Å². The number of carbonyl (C=O) groups excluding carboxylic acids is 2. The van der Waals surface area contributed by atoms with Crippen LogP contribution < -0.4 is 0 Å². The Hall–Kier alpha value is -1.32. The molecule has 4 heteroatoms. The largest absolute Gasteiger partial charge is 0.462 e. The third kappa shape index (κ3) is 8.59. The van der Waals surface area contributed by atoms with Crippen molar-refractivity contribution in [1.82, 2.24) is 0 Å². The molecule has 4 nitrogen and oxygen atoms in total. The lowest BCUT2D eigenvalue weighted by Crippen LogP contribution is -2.03. The van der Waals surface area contributed by atoms with Crippen molar-refractivity contribution in [1.29, 1.82) is 0 Å². The summed E-state index contributed by atoms with van der Waals surface area (Å²) in [5.41, 5.74) is -0.209. The topological polar surface area (TPSA) is 52.6 Å². The minimum Gasteiger partial charge on any atom is -0.462 e. The lowest BCUT2D eigenvalue weighted by atomic mass is 10.3. The van der Waals surface area contributed by atoms with Crippen molar-refractivity contribution < 1.29 is 24.5 Å². The molecule has 74 valence electrons. The van der Waals surface area contributed by atoms with E-state index in [1.807, 2.05) is 0 Å². The van der Waals surface area contributed by atoms with Crippen LogP contribution in [0.2, 0.25) is 0 Å². The lowest BCUT2D eigenvalue weighted by molar-refractivity contribution is -0.141. The lowest BCUT2D eigenvalue weighted by Gasteiger charge is -2.02. The first-order chi connectivity index (χ1) is 7.46. The van der Waals surface area contributed by atoms with Gasteiger partial charge in [0.2, 0.25) is 0 Å². The Morgan fingerprint density at radius 2 is 1.77 bits per heavy atom. The molecule has 0 aliphatic heterocycles. The summed E-state index contributed by atoms with van der Waals surface area (Å²) in [6.45, 7) is -1.61. The fraction of sp³-hybridized carbons (Fsp3) is 0.556. The minimum absolute atomic E-state index is 0.209. The maximum atomic E-state index is 10.6. The molecule has 0 bridgehead atoms. The fourth-order valence-corrected chi connectivity index (χ4v) is 0.383. The summed E-state index contributed by atoms with van der Waals surface area (Å²) in [5, 5.41) is 0. The highest BCUT2D eigenvalue weighted by atomic mass is 16.5. The molecule has 0 heterocycles. The Morgan fingerprint density at radius 3 is 2.23 bits per heavy atom. The second-order valence-corrected chi connectivity index (χ2v) is 2.23. The summed E-state index contributed by atoms with van der Waals surface area (Å²) in [6.07, 6.45) is 0.747. The Morgan fingerprint density at radius 1 is 1.23 bits per heavy atom. The van der Waals surface area contributed by atoms with Crippen LogP contribution in [0, 0.1) is 0 Å². The molecule has 0 N–H and O–H groups in total. The van der Waals surface area contributed by atoms with Gasteiger partial charge in [0.15, 0.2) is 0 Å². The summed E-state index contributed by atoms with van der Waals surface area (Å²) in [5.74, 6) is -1.68. The van der Waals surface area contributed by atoms with E-state index in [-0.39, 0.29) is 5.57 Å². The first-order valence-corrected chi connectivity index (χ1v) is 3.55. The van der Waals surface area contributed by atoms with Crippen molar-refractivity contribution in [2.75, 3.05) is 13.1 Å². The summed E-state index contributed by atoms with van der Waals surface area (Å²) in [6, 6.07) is 0. The van der Waals surface area contributed by atoms with Crippen LogP contribution in [0.3, 0.4) is 0 Å². The van der Waals surface area contributed by atoms with Crippen LogP contribution in [0.1, 0.15) is 26.3 Å². The predicted octanol–water partition coefficient (Wildman–Crippen LogP) is 1.06. The van der Waals surface area contributed by atoms with E-state index in [9.17, 15) is 9.59 Å². The zero-order valence-electron chi connectivity index (χ0n) is 11.7. The monoisotopic (exact) mass is 190 g/mol. The van der Waals surface area contributed by atoms with Crippen LogP contribution in [0.5, 0.6) is 0 Å². The molecule has 0 radical (unpaired) electrons. The third-order valence-electron chi connectivity index (χ3n) is 0.834. The normalized spacial score (nSPS) is 17.6. The van der Waals surface area contributed by atoms with Gasteiger partial charge >= 0.3 is 11.9 Å². The minimum atomic E-state index is -2.45. The van der Waals surface area contributed by atoms with E-state index in [0.29, 0.717) is 0 Å². The van der Waals surface area contributed by atoms with E-state index in [1.165, 1.54) is 6.92 Å². The average molecular weight is 190 g/mol. The van der Waals surface area contributed by atoms with Gasteiger partial charge in [0.05, 0.1) is 5.48 Å². The molecule has 0 aromatic rings. The Labute approximate surface area is 83.1 Å². The molecular weight excluding hydrogens is 172 g/mol. The Kier molecular flexibility index (Phi) is 2.96. The molecule has 0 aromatic heterocycles. The van der Waals surface area contributed by atoms with Crippen molar-refractivity contribution in [3.8, 4) is 0 Å². The zero-order valence-corrected chi connectivity index (χ0v) is 7.71. The van der Waals surface area contributed by atoms with Crippen LogP contribution in [0.25, 0.3) is 0 Å². The van der Waals surface area contributed by atoms with Crippen LogP contribution in [-0.2, 0) is 19.1 Å². The molecule has 0 aliphatic rings.